The molecule has 8 heteroatoms. The van der Waals surface area contributed by atoms with Gasteiger partial charge in [0.2, 0.25) is 10.0 Å². The second-order valence-electron chi connectivity index (χ2n) is 5.06. The summed E-state index contributed by atoms with van der Waals surface area (Å²) in [5, 5.41) is 5.11. The zero-order valence-electron chi connectivity index (χ0n) is 11.2. The largest absolute Gasteiger partial charge is 0.371 e. The monoisotopic (exact) mass is 318 g/mol. The van der Waals surface area contributed by atoms with Gasteiger partial charge in [0.15, 0.2) is 0 Å². The first-order chi connectivity index (χ1) is 9.17. The van der Waals surface area contributed by atoms with Gasteiger partial charge in [-0.25, -0.2) is 22.0 Å². The average molecular weight is 318 g/mol. The number of hydrogen-bond donors (Lipinski definition) is 1. The molecule has 0 amide bonds. The fourth-order valence-electron chi connectivity index (χ4n) is 2.37. The van der Waals surface area contributed by atoms with E-state index in [1.54, 1.807) is 12.1 Å². The molecule has 2 N–H and O–H groups in total. The van der Waals surface area contributed by atoms with Crippen molar-refractivity contribution < 1.29 is 16.8 Å². The molecule has 20 heavy (non-hydrogen) atoms. The third-order valence-corrected chi connectivity index (χ3v) is 5.26. The highest BCUT2D eigenvalue weighted by atomic mass is 32.2. The predicted octanol–water partition coefficient (Wildman–Crippen LogP) is 0.131. The molecule has 1 aliphatic rings. The van der Waals surface area contributed by atoms with Gasteiger partial charge in [0.05, 0.1) is 10.6 Å². The maximum Gasteiger partial charge on any atom is 0.238 e. The van der Waals surface area contributed by atoms with Crippen LogP contribution in [0.5, 0.6) is 0 Å². The number of hydrogen-bond acceptors (Lipinski definition) is 5. The van der Waals surface area contributed by atoms with Crippen LogP contribution in [0.2, 0.25) is 0 Å². The van der Waals surface area contributed by atoms with E-state index >= 15 is 0 Å². The summed E-state index contributed by atoms with van der Waals surface area (Å²) in [7, 11) is -6.62. The number of fused-ring (bicyclic) bond motifs is 1. The maximum atomic E-state index is 11.3. The molecule has 1 aromatic carbocycles. The predicted molar refractivity (Wildman–Crippen MR) is 78.1 cm³/mol. The Bertz CT molecular complexity index is 711. The fourth-order valence-corrected chi connectivity index (χ4v) is 3.59. The van der Waals surface area contributed by atoms with Gasteiger partial charge in [-0.1, -0.05) is 0 Å². The lowest BCUT2D eigenvalue weighted by molar-refractivity contribution is 0.596. The minimum Gasteiger partial charge on any atom is -0.371 e. The van der Waals surface area contributed by atoms with Gasteiger partial charge in [-0.15, -0.1) is 0 Å². The first-order valence-corrected chi connectivity index (χ1v) is 9.86. The minimum atomic E-state index is -3.68. The van der Waals surface area contributed by atoms with Crippen molar-refractivity contribution in [3.05, 3.63) is 23.8 Å². The van der Waals surface area contributed by atoms with Crippen LogP contribution in [0.1, 0.15) is 12.0 Å². The smallest absolute Gasteiger partial charge is 0.238 e. The molecule has 112 valence electrons. The maximum absolute atomic E-state index is 11.3. The van der Waals surface area contributed by atoms with Crippen molar-refractivity contribution in [2.24, 2.45) is 5.14 Å². The van der Waals surface area contributed by atoms with Gasteiger partial charge in [0.25, 0.3) is 0 Å². The summed E-state index contributed by atoms with van der Waals surface area (Å²) >= 11 is 0. The molecule has 0 saturated carbocycles. The number of sulfone groups is 1. The van der Waals surface area contributed by atoms with E-state index in [-0.39, 0.29) is 10.6 Å². The van der Waals surface area contributed by atoms with Gasteiger partial charge in [-0.05, 0) is 36.6 Å². The van der Waals surface area contributed by atoms with Gasteiger partial charge in [0, 0.05) is 25.0 Å². The van der Waals surface area contributed by atoms with Crippen LogP contribution in [0.3, 0.4) is 0 Å². The molecule has 0 fully saturated rings. The SMILES string of the molecule is CS(=O)(=O)CCCN1CCc2cc(S(N)(=O)=O)ccc21. The van der Waals surface area contributed by atoms with Crippen molar-refractivity contribution in [3.8, 4) is 0 Å². The van der Waals surface area contributed by atoms with Gasteiger partial charge in [0.1, 0.15) is 9.84 Å². The molecule has 1 heterocycles. The molecular formula is C12H18N2O4S2. The molecule has 0 saturated heterocycles. The van der Waals surface area contributed by atoms with Crippen molar-refractivity contribution in [1.29, 1.82) is 0 Å². The Morgan fingerprint density at radius 3 is 2.55 bits per heavy atom. The Morgan fingerprint density at radius 1 is 1.25 bits per heavy atom. The molecule has 0 aliphatic carbocycles. The zero-order valence-corrected chi connectivity index (χ0v) is 12.9. The van der Waals surface area contributed by atoms with Crippen LogP contribution in [0.4, 0.5) is 5.69 Å². The van der Waals surface area contributed by atoms with Gasteiger partial charge < -0.3 is 4.90 Å². The van der Waals surface area contributed by atoms with Gasteiger partial charge in [-0.3, -0.25) is 0 Å². The van der Waals surface area contributed by atoms with Crippen molar-refractivity contribution >= 4 is 25.5 Å². The van der Waals surface area contributed by atoms with Gasteiger partial charge in [-0.2, -0.15) is 0 Å². The molecule has 0 atom stereocenters. The normalized spacial score (nSPS) is 15.4. The van der Waals surface area contributed by atoms with E-state index in [9.17, 15) is 16.8 Å². The summed E-state index contributed by atoms with van der Waals surface area (Å²) in [6.45, 7) is 1.42. The van der Waals surface area contributed by atoms with E-state index in [2.05, 4.69) is 4.90 Å². The third kappa shape index (κ3) is 3.71. The van der Waals surface area contributed by atoms with E-state index in [1.807, 2.05) is 0 Å². The number of primary sulfonamides is 1. The van der Waals surface area contributed by atoms with Crippen LogP contribution < -0.4 is 10.0 Å². The van der Waals surface area contributed by atoms with Crippen molar-refractivity contribution in [1.82, 2.24) is 0 Å². The molecular weight excluding hydrogens is 300 g/mol. The van der Waals surface area contributed by atoms with E-state index in [0.717, 1.165) is 24.2 Å². The lowest BCUT2D eigenvalue weighted by Crippen LogP contribution is -2.23. The van der Waals surface area contributed by atoms with E-state index in [4.69, 9.17) is 5.14 Å². The van der Waals surface area contributed by atoms with Crippen LogP contribution in [-0.2, 0) is 26.3 Å². The quantitative estimate of drug-likeness (QED) is 0.832. The first kappa shape index (κ1) is 15.3. The molecule has 0 spiro atoms. The highest BCUT2D eigenvalue weighted by Gasteiger charge is 2.21. The average Bonchev–Trinajstić information content (AvgIpc) is 2.69. The summed E-state index contributed by atoms with van der Waals surface area (Å²) in [5.74, 6) is 0.161. The molecule has 0 radical (unpaired) electrons. The Balaban J connectivity index is 2.10. The lowest BCUT2D eigenvalue weighted by atomic mass is 10.2. The van der Waals surface area contributed by atoms with Crippen molar-refractivity contribution in [3.63, 3.8) is 0 Å². The van der Waals surface area contributed by atoms with Crippen molar-refractivity contribution in [2.75, 3.05) is 30.0 Å². The molecule has 6 nitrogen and oxygen atoms in total. The molecule has 2 rings (SSSR count). The summed E-state index contributed by atoms with van der Waals surface area (Å²) in [4.78, 5) is 2.20. The summed E-state index contributed by atoms with van der Waals surface area (Å²) in [5.41, 5.74) is 1.90. The highest BCUT2D eigenvalue weighted by Crippen LogP contribution is 2.29. The number of anilines is 1. The second kappa shape index (κ2) is 5.34. The standard InChI is InChI=1S/C12H18N2O4S2/c1-19(15,16)8-2-6-14-7-5-10-9-11(20(13,17)18)3-4-12(10)14/h3-4,9H,2,5-8H2,1H3,(H2,13,17,18). The molecule has 0 bridgehead atoms. The minimum absolute atomic E-state index is 0.120. The lowest BCUT2D eigenvalue weighted by Gasteiger charge is -2.19. The fraction of sp³-hybridized carbons (Fsp3) is 0.500. The molecule has 1 aromatic rings. The molecule has 1 aliphatic heterocycles. The number of nitrogens with two attached hydrogens (primary N) is 1. The first-order valence-electron chi connectivity index (χ1n) is 6.25. The highest BCUT2D eigenvalue weighted by molar-refractivity contribution is 7.90. The molecule has 0 aromatic heterocycles. The zero-order chi connectivity index (χ0) is 15.0. The third-order valence-electron chi connectivity index (χ3n) is 3.31. The summed E-state index contributed by atoms with van der Waals surface area (Å²) in [6.07, 6.45) is 2.54. The summed E-state index contributed by atoms with van der Waals surface area (Å²) in [6, 6.07) is 4.83. The molecule has 0 unspecified atom stereocenters. The number of rotatable bonds is 5. The number of benzene rings is 1. The van der Waals surface area contributed by atoms with Gasteiger partial charge >= 0.3 is 0 Å². The Kier molecular flexibility index (Phi) is 4.08. The van der Waals surface area contributed by atoms with Crippen molar-refractivity contribution in [2.45, 2.75) is 17.7 Å². The number of sulfonamides is 1. The second-order valence-corrected chi connectivity index (χ2v) is 8.88. The Hall–Kier alpha value is -1.12. The van der Waals surface area contributed by atoms with Crippen LogP contribution >= 0.6 is 0 Å². The van der Waals surface area contributed by atoms with E-state index in [0.29, 0.717) is 13.0 Å². The Morgan fingerprint density at radius 2 is 1.95 bits per heavy atom. The van der Waals surface area contributed by atoms with Crippen LogP contribution in [0.25, 0.3) is 0 Å². The van der Waals surface area contributed by atoms with E-state index in [1.165, 1.54) is 12.3 Å². The van der Waals surface area contributed by atoms with Crippen LogP contribution in [0.15, 0.2) is 23.1 Å². The van der Waals surface area contributed by atoms with Crippen LogP contribution in [0, 0.1) is 0 Å². The number of nitrogens with zero attached hydrogens (tertiary/aromatic N) is 1. The van der Waals surface area contributed by atoms with Crippen LogP contribution in [-0.4, -0.2) is 41.9 Å². The van der Waals surface area contributed by atoms with E-state index < -0.39 is 19.9 Å². The topological polar surface area (TPSA) is 97.5 Å². The Labute approximate surface area is 119 Å². The summed E-state index contributed by atoms with van der Waals surface area (Å²) < 4.78 is 44.8.